The third kappa shape index (κ3) is 6.65. The third-order valence-electron chi connectivity index (χ3n) is 4.79. The van der Waals surface area contributed by atoms with Crippen LogP contribution in [0.25, 0.3) is 0 Å². The minimum Gasteiger partial charge on any atom is -0.487 e. The van der Waals surface area contributed by atoms with Gasteiger partial charge < -0.3 is 24.8 Å². The Kier molecular flexibility index (Phi) is 8.55. The van der Waals surface area contributed by atoms with E-state index in [0.717, 1.165) is 30.1 Å². The lowest BCUT2D eigenvalue weighted by molar-refractivity contribution is -0.136. The summed E-state index contributed by atoms with van der Waals surface area (Å²) in [5.74, 6) is 1.25. The largest absolute Gasteiger partial charge is 0.487 e. The van der Waals surface area contributed by atoms with E-state index in [1.54, 1.807) is 30.4 Å². The first kappa shape index (κ1) is 23.5. The number of rotatable bonds is 11. The number of hydrogen-bond acceptors (Lipinski definition) is 6. The molecule has 2 N–H and O–H groups in total. The van der Waals surface area contributed by atoms with Crippen molar-refractivity contribution in [3.05, 3.63) is 84.3 Å². The fraction of sp³-hybridized carbons (Fsp3) is 0.231. The molecule has 0 atom stereocenters. The Labute approximate surface area is 193 Å². The molecule has 7 heteroatoms. The van der Waals surface area contributed by atoms with Crippen LogP contribution >= 0.6 is 0 Å². The van der Waals surface area contributed by atoms with Crippen molar-refractivity contribution in [3.63, 3.8) is 0 Å². The van der Waals surface area contributed by atoms with Gasteiger partial charge >= 0.3 is 5.97 Å². The van der Waals surface area contributed by atoms with Gasteiger partial charge in [0, 0.05) is 19.2 Å². The van der Waals surface area contributed by atoms with Crippen LogP contribution in [0.2, 0.25) is 0 Å². The average molecular weight is 446 g/mol. The predicted octanol–water partition coefficient (Wildman–Crippen LogP) is 5.11. The van der Waals surface area contributed by atoms with E-state index in [1.165, 1.54) is 0 Å². The lowest BCUT2D eigenvalue weighted by Gasteiger charge is -2.16. The number of nitrogens with one attached hydrogen (secondary N) is 1. The van der Waals surface area contributed by atoms with Gasteiger partial charge in [0.25, 0.3) is 0 Å². The Bertz CT molecular complexity index is 1100. The van der Waals surface area contributed by atoms with Crippen LogP contribution in [0.3, 0.4) is 0 Å². The van der Waals surface area contributed by atoms with E-state index >= 15 is 0 Å². The molecule has 0 aromatic heterocycles. The lowest BCUT2D eigenvalue weighted by atomic mass is 10.2. The van der Waals surface area contributed by atoms with Crippen LogP contribution in [0, 0.1) is 11.3 Å². The monoisotopic (exact) mass is 445 g/mol. The van der Waals surface area contributed by atoms with Crippen LogP contribution in [-0.2, 0) is 4.79 Å². The number of hydrogen-bond donors (Lipinski definition) is 2. The molecule has 1 heterocycles. The quantitative estimate of drug-likeness (QED) is 0.367. The van der Waals surface area contributed by atoms with Crippen LogP contribution in [0.5, 0.6) is 11.5 Å². The van der Waals surface area contributed by atoms with Gasteiger partial charge in [-0.2, -0.15) is 5.26 Å². The van der Waals surface area contributed by atoms with Gasteiger partial charge in [0.05, 0.1) is 29.4 Å². The Morgan fingerprint density at radius 2 is 2.03 bits per heavy atom. The minimum atomic E-state index is -0.862. The molecule has 0 unspecified atom stereocenters. The highest BCUT2D eigenvalue weighted by Gasteiger charge is 2.24. The molecule has 0 saturated heterocycles. The number of fused-ring (bicyclic) bond motifs is 1. The first-order chi connectivity index (χ1) is 16.1. The normalized spacial score (nSPS) is 14.1. The third-order valence-corrected chi connectivity index (χ3v) is 4.79. The molecule has 0 aliphatic carbocycles. The zero-order valence-corrected chi connectivity index (χ0v) is 18.5. The van der Waals surface area contributed by atoms with Gasteiger partial charge in [-0.25, -0.2) is 0 Å². The molecule has 33 heavy (non-hydrogen) atoms. The molecule has 2 aromatic rings. The van der Waals surface area contributed by atoms with E-state index in [-0.39, 0.29) is 13.0 Å². The van der Waals surface area contributed by atoms with Gasteiger partial charge in [0.1, 0.15) is 12.4 Å². The SMILES string of the molecule is CCCN1/C(=C/C=C(C#N)/C=C/COc2ccccc2NCCC(=O)O)Oc2ccccc21. The number of carboxylic acid groups (broad SMARTS) is 1. The summed E-state index contributed by atoms with van der Waals surface area (Å²) in [4.78, 5) is 12.8. The van der Waals surface area contributed by atoms with Crippen molar-refractivity contribution in [1.29, 1.82) is 5.26 Å². The van der Waals surface area contributed by atoms with Crippen molar-refractivity contribution in [2.24, 2.45) is 0 Å². The maximum absolute atomic E-state index is 10.7. The van der Waals surface area contributed by atoms with Gasteiger partial charge in [0.15, 0.2) is 5.75 Å². The van der Waals surface area contributed by atoms with Crippen molar-refractivity contribution in [2.45, 2.75) is 19.8 Å². The number of allylic oxidation sites excluding steroid dienone is 4. The number of nitrogens with zero attached hydrogens (tertiary/aromatic N) is 2. The highest BCUT2D eigenvalue weighted by Crippen LogP contribution is 2.38. The number of benzene rings is 2. The molecule has 0 bridgehead atoms. The number of carboxylic acids is 1. The molecule has 170 valence electrons. The summed E-state index contributed by atoms with van der Waals surface area (Å²) in [6, 6.07) is 17.4. The second kappa shape index (κ2) is 12.0. The van der Waals surface area contributed by atoms with E-state index in [0.29, 0.717) is 23.8 Å². The highest BCUT2D eigenvalue weighted by molar-refractivity contribution is 5.68. The van der Waals surface area contributed by atoms with Crippen LogP contribution in [0.1, 0.15) is 19.8 Å². The zero-order chi connectivity index (χ0) is 23.5. The van der Waals surface area contributed by atoms with E-state index in [4.69, 9.17) is 14.6 Å². The van der Waals surface area contributed by atoms with E-state index in [1.807, 2.05) is 42.5 Å². The Balaban J connectivity index is 1.61. The molecular weight excluding hydrogens is 418 g/mol. The van der Waals surface area contributed by atoms with Crippen molar-refractivity contribution in [3.8, 4) is 17.6 Å². The zero-order valence-electron chi connectivity index (χ0n) is 18.5. The number of aliphatic carboxylic acids is 1. The highest BCUT2D eigenvalue weighted by atomic mass is 16.5. The molecule has 2 aromatic carbocycles. The number of carbonyl (C=O) groups is 1. The standard InChI is InChI=1S/C26H27N3O4/c1-2-17-29-22-10-4-6-12-24(22)33-25(29)14-13-20(19-27)8-7-18-32-23-11-5-3-9-21(23)28-16-15-26(30)31/h3-14,28H,2,15-18H2,1H3,(H,30,31)/b8-7+,20-13-,25-14-. The molecule has 0 spiro atoms. The Morgan fingerprint density at radius 1 is 1.24 bits per heavy atom. The summed E-state index contributed by atoms with van der Waals surface area (Å²) in [7, 11) is 0. The van der Waals surface area contributed by atoms with Crippen molar-refractivity contribution in [2.75, 3.05) is 29.9 Å². The second-order valence-corrected chi connectivity index (χ2v) is 7.24. The second-order valence-electron chi connectivity index (χ2n) is 7.24. The van der Waals surface area contributed by atoms with Crippen molar-refractivity contribution < 1.29 is 19.4 Å². The first-order valence-corrected chi connectivity index (χ1v) is 10.8. The number of para-hydroxylation sites is 4. The molecule has 1 aliphatic rings. The number of ether oxygens (including phenoxy) is 2. The Morgan fingerprint density at radius 3 is 2.82 bits per heavy atom. The summed E-state index contributed by atoms with van der Waals surface area (Å²) in [6.07, 6.45) is 7.97. The molecule has 0 fully saturated rings. The van der Waals surface area contributed by atoms with Crippen molar-refractivity contribution in [1.82, 2.24) is 0 Å². The van der Waals surface area contributed by atoms with Gasteiger partial charge in [-0.3, -0.25) is 4.79 Å². The first-order valence-electron chi connectivity index (χ1n) is 10.8. The molecule has 0 saturated carbocycles. The molecule has 0 radical (unpaired) electrons. The van der Waals surface area contributed by atoms with Crippen molar-refractivity contribution >= 4 is 17.3 Å². The minimum absolute atomic E-state index is 0.0184. The average Bonchev–Trinajstić information content (AvgIpc) is 3.17. The van der Waals surface area contributed by atoms with Gasteiger partial charge in [0.2, 0.25) is 5.88 Å². The lowest BCUT2D eigenvalue weighted by Crippen LogP contribution is -2.20. The van der Waals surface area contributed by atoms with E-state index in [2.05, 4.69) is 23.2 Å². The topological polar surface area (TPSA) is 94.8 Å². The number of nitriles is 1. The van der Waals surface area contributed by atoms with Gasteiger partial charge in [-0.15, -0.1) is 0 Å². The number of anilines is 2. The van der Waals surface area contributed by atoms with E-state index in [9.17, 15) is 10.1 Å². The molecular formula is C26H27N3O4. The van der Waals surface area contributed by atoms with E-state index < -0.39 is 5.97 Å². The summed E-state index contributed by atoms with van der Waals surface area (Å²) in [5.41, 5.74) is 2.22. The fourth-order valence-corrected chi connectivity index (χ4v) is 3.28. The maximum Gasteiger partial charge on any atom is 0.305 e. The molecule has 3 rings (SSSR count). The summed E-state index contributed by atoms with van der Waals surface area (Å²) in [6.45, 7) is 3.50. The fourth-order valence-electron chi connectivity index (χ4n) is 3.28. The van der Waals surface area contributed by atoms with Crippen LogP contribution < -0.4 is 19.7 Å². The van der Waals surface area contributed by atoms with Gasteiger partial charge in [-0.05, 0) is 48.9 Å². The predicted molar refractivity (Wildman–Crippen MR) is 128 cm³/mol. The molecule has 7 nitrogen and oxygen atoms in total. The molecule has 1 aliphatic heterocycles. The van der Waals surface area contributed by atoms with Crippen LogP contribution in [0.15, 0.2) is 84.3 Å². The summed E-state index contributed by atoms with van der Waals surface area (Å²) in [5, 5.41) is 21.3. The Hall–Kier alpha value is -4.18. The summed E-state index contributed by atoms with van der Waals surface area (Å²) >= 11 is 0. The van der Waals surface area contributed by atoms with Crippen LogP contribution in [0.4, 0.5) is 11.4 Å². The maximum atomic E-state index is 10.7. The summed E-state index contributed by atoms with van der Waals surface area (Å²) < 4.78 is 11.7. The molecule has 0 amide bonds. The smallest absolute Gasteiger partial charge is 0.305 e. The van der Waals surface area contributed by atoms with Gasteiger partial charge in [-0.1, -0.05) is 31.2 Å². The van der Waals surface area contributed by atoms with Crippen LogP contribution in [-0.4, -0.2) is 30.8 Å².